The summed E-state index contributed by atoms with van der Waals surface area (Å²) < 4.78 is 0. The number of aromatic nitrogens is 1. The van der Waals surface area contributed by atoms with Crippen LogP contribution in [-0.4, -0.2) is 28.8 Å². The Morgan fingerprint density at radius 1 is 1.62 bits per heavy atom. The molecule has 1 atom stereocenters. The van der Waals surface area contributed by atoms with Crippen LogP contribution in [0.25, 0.3) is 0 Å². The SMILES string of the molecule is C[C@@H]1CCCN1c1ccc(NC(=O)O)cn1. The molecule has 1 aromatic heterocycles. The van der Waals surface area contributed by atoms with Crippen molar-refractivity contribution in [2.45, 2.75) is 25.8 Å². The number of nitrogens with zero attached hydrogens (tertiary/aromatic N) is 2. The minimum atomic E-state index is -1.07. The predicted molar refractivity (Wildman–Crippen MR) is 61.9 cm³/mol. The third-order valence-electron chi connectivity index (χ3n) is 2.85. The molecule has 1 amide bonds. The van der Waals surface area contributed by atoms with Crippen LogP contribution in [0.2, 0.25) is 0 Å². The van der Waals surface area contributed by atoms with E-state index in [0.717, 1.165) is 12.4 Å². The summed E-state index contributed by atoms with van der Waals surface area (Å²) in [6.07, 6.45) is 2.87. The zero-order valence-corrected chi connectivity index (χ0v) is 9.18. The van der Waals surface area contributed by atoms with Crippen molar-refractivity contribution >= 4 is 17.6 Å². The average molecular weight is 221 g/mol. The molecule has 0 aromatic carbocycles. The molecule has 0 spiro atoms. The summed E-state index contributed by atoms with van der Waals surface area (Å²) in [4.78, 5) is 16.9. The number of hydrogen-bond acceptors (Lipinski definition) is 3. The number of pyridine rings is 1. The minimum Gasteiger partial charge on any atom is -0.465 e. The molecule has 2 heterocycles. The molecule has 1 saturated heterocycles. The molecule has 0 saturated carbocycles. The van der Waals surface area contributed by atoms with Crippen molar-refractivity contribution in [3.8, 4) is 0 Å². The van der Waals surface area contributed by atoms with Crippen molar-refractivity contribution in [3.05, 3.63) is 18.3 Å². The molecule has 86 valence electrons. The molecule has 1 fully saturated rings. The van der Waals surface area contributed by atoms with Gasteiger partial charge in [0.15, 0.2) is 0 Å². The van der Waals surface area contributed by atoms with Crippen molar-refractivity contribution in [1.29, 1.82) is 0 Å². The number of nitrogens with one attached hydrogen (secondary N) is 1. The fraction of sp³-hybridized carbons (Fsp3) is 0.455. The van der Waals surface area contributed by atoms with Gasteiger partial charge >= 0.3 is 6.09 Å². The van der Waals surface area contributed by atoms with E-state index in [-0.39, 0.29) is 0 Å². The van der Waals surface area contributed by atoms with Crippen molar-refractivity contribution in [2.24, 2.45) is 0 Å². The largest absolute Gasteiger partial charge is 0.465 e. The van der Waals surface area contributed by atoms with Gasteiger partial charge in [0.2, 0.25) is 0 Å². The fourth-order valence-electron chi connectivity index (χ4n) is 2.03. The number of anilines is 2. The van der Waals surface area contributed by atoms with Crippen LogP contribution in [-0.2, 0) is 0 Å². The molecular weight excluding hydrogens is 206 g/mol. The van der Waals surface area contributed by atoms with Gasteiger partial charge in [-0.15, -0.1) is 0 Å². The Kier molecular flexibility index (Phi) is 2.94. The number of rotatable bonds is 2. The van der Waals surface area contributed by atoms with Crippen LogP contribution in [0.5, 0.6) is 0 Å². The Morgan fingerprint density at radius 3 is 2.94 bits per heavy atom. The van der Waals surface area contributed by atoms with Crippen LogP contribution >= 0.6 is 0 Å². The summed E-state index contributed by atoms with van der Waals surface area (Å²) in [5.41, 5.74) is 0.503. The average Bonchev–Trinajstić information content (AvgIpc) is 2.65. The zero-order chi connectivity index (χ0) is 11.5. The van der Waals surface area contributed by atoms with E-state index in [1.54, 1.807) is 12.3 Å². The Morgan fingerprint density at radius 2 is 2.44 bits per heavy atom. The van der Waals surface area contributed by atoms with Gasteiger partial charge in [0.05, 0.1) is 11.9 Å². The van der Waals surface area contributed by atoms with Crippen molar-refractivity contribution in [1.82, 2.24) is 4.98 Å². The van der Waals surface area contributed by atoms with Crippen LogP contribution in [0, 0.1) is 0 Å². The van der Waals surface area contributed by atoms with Gasteiger partial charge in [-0.3, -0.25) is 5.32 Å². The monoisotopic (exact) mass is 221 g/mol. The summed E-state index contributed by atoms with van der Waals surface area (Å²) in [5.74, 6) is 0.918. The van der Waals surface area contributed by atoms with E-state index in [1.807, 2.05) is 6.07 Å². The van der Waals surface area contributed by atoms with Gasteiger partial charge in [-0.05, 0) is 31.9 Å². The highest BCUT2D eigenvalue weighted by Gasteiger charge is 2.21. The number of hydrogen-bond donors (Lipinski definition) is 2. The maximum absolute atomic E-state index is 10.4. The highest BCUT2D eigenvalue weighted by molar-refractivity contribution is 5.82. The Bertz CT molecular complexity index is 377. The van der Waals surface area contributed by atoms with Crippen LogP contribution in [0.3, 0.4) is 0 Å². The number of carbonyl (C=O) groups is 1. The van der Waals surface area contributed by atoms with Gasteiger partial charge in [-0.2, -0.15) is 0 Å². The van der Waals surface area contributed by atoms with Crippen LogP contribution < -0.4 is 10.2 Å². The summed E-state index contributed by atoms with van der Waals surface area (Å²) in [6, 6.07) is 4.11. The Hall–Kier alpha value is -1.78. The topological polar surface area (TPSA) is 65.5 Å². The minimum absolute atomic E-state index is 0.503. The second-order valence-electron chi connectivity index (χ2n) is 4.02. The first-order valence-electron chi connectivity index (χ1n) is 5.39. The maximum atomic E-state index is 10.4. The lowest BCUT2D eigenvalue weighted by Crippen LogP contribution is -2.27. The predicted octanol–water partition coefficient (Wildman–Crippen LogP) is 2.16. The summed E-state index contributed by atoms with van der Waals surface area (Å²) in [6.45, 7) is 3.21. The quantitative estimate of drug-likeness (QED) is 0.803. The van der Waals surface area contributed by atoms with Crippen LogP contribution in [0.4, 0.5) is 16.3 Å². The molecule has 1 aromatic rings. The lowest BCUT2D eigenvalue weighted by molar-refractivity contribution is 0.209. The molecule has 0 unspecified atom stereocenters. The first-order chi connectivity index (χ1) is 7.66. The molecule has 0 aliphatic carbocycles. The van der Waals surface area contributed by atoms with E-state index in [2.05, 4.69) is 22.1 Å². The third kappa shape index (κ3) is 2.24. The highest BCUT2D eigenvalue weighted by atomic mass is 16.4. The third-order valence-corrected chi connectivity index (χ3v) is 2.85. The van der Waals surface area contributed by atoms with E-state index >= 15 is 0 Å². The maximum Gasteiger partial charge on any atom is 0.409 e. The normalized spacial score (nSPS) is 19.8. The zero-order valence-electron chi connectivity index (χ0n) is 9.18. The molecular formula is C11H15N3O2. The van der Waals surface area contributed by atoms with Gasteiger partial charge in [0.25, 0.3) is 0 Å². The molecule has 0 radical (unpaired) electrons. The Labute approximate surface area is 94.1 Å². The highest BCUT2D eigenvalue weighted by Crippen LogP contribution is 2.23. The molecule has 16 heavy (non-hydrogen) atoms. The molecule has 1 aliphatic rings. The van der Waals surface area contributed by atoms with Gasteiger partial charge in [-0.1, -0.05) is 0 Å². The van der Waals surface area contributed by atoms with Crippen molar-refractivity contribution in [2.75, 3.05) is 16.8 Å². The van der Waals surface area contributed by atoms with E-state index < -0.39 is 6.09 Å². The lowest BCUT2D eigenvalue weighted by Gasteiger charge is -2.22. The second-order valence-corrected chi connectivity index (χ2v) is 4.02. The molecule has 2 N–H and O–H groups in total. The molecule has 0 bridgehead atoms. The van der Waals surface area contributed by atoms with Crippen LogP contribution in [0.1, 0.15) is 19.8 Å². The smallest absolute Gasteiger partial charge is 0.409 e. The number of amides is 1. The molecule has 5 heteroatoms. The van der Waals surface area contributed by atoms with E-state index in [9.17, 15) is 4.79 Å². The molecule has 5 nitrogen and oxygen atoms in total. The molecule has 1 aliphatic heterocycles. The fourth-order valence-corrected chi connectivity index (χ4v) is 2.03. The second kappa shape index (κ2) is 4.38. The lowest BCUT2D eigenvalue weighted by atomic mass is 10.2. The van der Waals surface area contributed by atoms with Gasteiger partial charge < -0.3 is 10.0 Å². The van der Waals surface area contributed by atoms with Gasteiger partial charge in [-0.25, -0.2) is 9.78 Å². The molecule has 2 rings (SSSR count). The van der Waals surface area contributed by atoms with Gasteiger partial charge in [0.1, 0.15) is 5.82 Å². The van der Waals surface area contributed by atoms with E-state index in [1.165, 1.54) is 12.8 Å². The number of carboxylic acid groups (broad SMARTS) is 1. The summed E-state index contributed by atoms with van der Waals surface area (Å²) >= 11 is 0. The van der Waals surface area contributed by atoms with Crippen molar-refractivity contribution < 1.29 is 9.90 Å². The standard InChI is InChI=1S/C11H15N3O2/c1-8-3-2-6-14(8)10-5-4-9(7-12-10)13-11(15)16/h4-5,7-8,13H,2-3,6H2,1H3,(H,15,16)/t8-/m1/s1. The first kappa shape index (κ1) is 10.7. The van der Waals surface area contributed by atoms with Gasteiger partial charge in [0, 0.05) is 12.6 Å². The first-order valence-corrected chi connectivity index (χ1v) is 5.39. The van der Waals surface area contributed by atoms with E-state index in [0.29, 0.717) is 11.7 Å². The van der Waals surface area contributed by atoms with Crippen molar-refractivity contribution in [3.63, 3.8) is 0 Å². The van der Waals surface area contributed by atoms with E-state index in [4.69, 9.17) is 5.11 Å². The summed E-state index contributed by atoms with van der Waals surface area (Å²) in [5, 5.41) is 10.8. The Balaban J connectivity index is 2.09. The summed E-state index contributed by atoms with van der Waals surface area (Å²) in [7, 11) is 0. The van der Waals surface area contributed by atoms with Crippen LogP contribution in [0.15, 0.2) is 18.3 Å².